The highest BCUT2D eigenvalue weighted by molar-refractivity contribution is 7.89. The minimum atomic E-state index is -4.67. The molecule has 0 heterocycles. The van der Waals surface area contributed by atoms with Gasteiger partial charge in [0, 0.05) is 38.9 Å². The number of hydrogen-bond acceptors (Lipinski definition) is 5. The van der Waals surface area contributed by atoms with Crippen LogP contribution in [-0.2, 0) is 25.7 Å². The average Bonchev–Trinajstić information content (AvgIpc) is 2.91. The molecular weight excluding hydrogens is 581 g/mol. The van der Waals surface area contributed by atoms with Crippen LogP contribution in [0.3, 0.4) is 0 Å². The third-order valence-electron chi connectivity index (χ3n) is 6.16. The first-order valence-corrected chi connectivity index (χ1v) is 15.0. The lowest BCUT2D eigenvalue weighted by atomic mass is 9.95. The van der Waals surface area contributed by atoms with Crippen molar-refractivity contribution in [3.8, 4) is 0 Å². The van der Waals surface area contributed by atoms with Crippen LogP contribution in [0.15, 0.2) is 57.7 Å². The summed E-state index contributed by atoms with van der Waals surface area (Å²) in [7, 11) is -1.18. The normalized spacial score (nSPS) is 15.5. The van der Waals surface area contributed by atoms with E-state index in [1.54, 1.807) is 33.2 Å². The molecule has 1 amide bonds. The molecule has 0 aromatic heterocycles. The number of benzene rings is 1. The molecule has 1 aromatic rings. The van der Waals surface area contributed by atoms with Crippen molar-refractivity contribution in [3.63, 3.8) is 0 Å². The largest absolute Gasteiger partial charge is 0.416 e. The predicted molar refractivity (Wildman–Crippen MR) is 156 cm³/mol. The molecule has 0 fully saturated rings. The first kappa shape index (κ1) is 36.4. The van der Waals surface area contributed by atoms with Gasteiger partial charge in [0.1, 0.15) is 4.90 Å². The average molecular weight is 621 g/mol. The number of ether oxygens (including phenoxy) is 1. The van der Waals surface area contributed by atoms with E-state index in [-0.39, 0.29) is 30.3 Å². The lowest BCUT2D eigenvalue weighted by molar-refractivity contribution is -0.137. The second-order valence-electron chi connectivity index (χ2n) is 9.55. The smallest absolute Gasteiger partial charge is 0.377 e. The number of alkyl halides is 3. The van der Waals surface area contributed by atoms with Crippen molar-refractivity contribution in [1.29, 1.82) is 0 Å². The van der Waals surface area contributed by atoms with Crippen molar-refractivity contribution in [2.75, 3.05) is 20.7 Å². The molecule has 3 N–H and O–H groups in total. The first-order chi connectivity index (χ1) is 19.2. The zero-order chi connectivity index (χ0) is 31.2. The summed E-state index contributed by atoms with van der Waals surface area (Å²) in [5, 5.41) is 5.01. The van der Waals surface area contributed by atoms with Gasteiger partial charge in [-0.25, -0.2) is 18.1 Å². The van der Waals surface area contributed by atoms with Crippen molar-refractivity contribution >= 4 is 33.9 Å². The molecular formula is C28H40ClF3N4O4S. The van der Waals surface area contributed by atoms with Crippen molar-refractivity contribution in [3.05, 3.63) is 58.4 Å². The van der Waals surface area contributed by atoms with E-state index in [4.69, 9.17) is 16.3 Å². The highest BCUT2D eigenvalue weighted by Gasteiger charge is 2.33. The quantitative estimate of drug-likeness (QED) is 0.129. The number of allylic oxidation sites excluding steroid dienone is 1. The number of nitrogens with zero attached hydrogens (tertiary/aromatic N) is 1. The summed E-state index contributed by atoms with van der Waals surface area (Å²) >= 11 is 6.00. The molecule has 0 saturated carbocycles. The van der Waals surface area contributed by atoms with Crippen LogP contribution in [0.5, 0.6) is 0 Å². The molecule has 230 valence electrons. The molecule has 0 bridgehead atoms. The van der Waals surface area contributed by atoms with Crippen molar-refractivity contribution in [2.45, 2.75) is 70.2 Å². The van der Waals surface area contributed by atoms with Crippen LogP contribution >= 0.6 is 11.6 Å². The number of nitrogens with one attached hydrogen (secondary N) is 3. The Morgan fingerprint density at radius 3 is 2.49 bits per heavy atom. The maximum Gasteiger partial charge on any atom is 0.416 e. The third kappa shape index (κ3) is 12.8. The SMILES string of the molecule is CC/C=C(C[C@H](NS(=O)(=O)c1ccc(C(F)(F)F)cc1Cl)C(C)CC=C=CC(C)OC)/N=C\NCC(C)C(=O)NC. The fourth-order valence-electron chi connectivity index (χ4n) is 3.55. The number of amides is 1. The number of hydrogen-bond donors (Lipinski definition) is 3. The van der Waals surface area contributed by atoms with E-state index in [0.29, 0.717) is 37.2 Å². The standard InChI is InChI=1S/C28H40ClF3N4O4S/c1-7-10-23(35-18-34-17-20(3)27(37)33-5)16-25(19(2)11-8-9-12-21(4)40-6)36-41(38,39)26-14-13-22(15-24(26)29)28(30,31)32/h8,10,12-15,18-21,25,36H,7,11,16-17H2,1-6H3,(H,33,37)(H,34,35)/b23-10+/t9?,19?,20?,21?,25-/m0/s1. The van der Waals surface area contributed by atoms with Crippen LogP contribution in [0.25, 0.3) is 0 Å². The van der Waals surface area contributed by atoms with Crippen molar-refractivity contribution in [1.82, 2.24) is 15.4 Å². The molecule has 4 atom stereocenters. The molecule has 3 unspecified atom stereocenters. The molecule has 0 aliphatic carbocycles. The Balaban J connectivity index is 3.27. The lowest BCUT2D eigenvalue weighted by Crippen LogP contribution is -2.39. The zero-order valence-corrected chi connectivity index (χ0v) is 25.8. The van der Waals surface area contributed by atoms with Crippen LogP contribution < -0.4 is 15.4 Å². The fourth-order valence-corrected chi connectivity index (χ4v) is 5.44. The number of halogens is 4. The Bertz CT molecular complexity index is 1230. The van der Waals surface area contributed by atoms with Gasteiger partial charge in [-0.05, 0) is 56.0 Å². The minimum Gasteiger partial charge on any atom is -0.377 e. The van der Waals surface area contributed by atoms with Crippen LogP contribution in [-0.4, -0.2) is 53.5 Å². The van der Waals surface area contributed by atoms with Gasteiger partial charge in [0.2, 0.25) is 15.9 Å². The second-order valence-corrected chi connectivity index (χ2v) is 11.6. The molecule has 13 heteroatoms. The molecule has 0 aliphatic heterocycles. The van der Waals surface area contributed by atoms with Crippen LogP contribution in [0.1, 0.15) is 52.5 Å². The summed E-state index contributed by atoms with van der Waals surface area (Å²) in [6.07, 6.45) is 3.22. The maximum atomic E-state index is 13.3. The van der Waals surface area contributed by atoms with Gasteiger partial charge in [0.05, 0.1) is 28.9 Å². The summed E-state index contributed by atoms with van der Waals surface area (Å²) in [5.41, 5.74) is 2.56. The van der Waals surface area contributed by atoms with Crippen molar-refractivity contribution in [2.24, 2.45) is 16.8 Å². The Morgan fingerprint density at radius 2 is 1.93 bits per heavy atom. The van der Waals surface area contributed by atoms with E-state index >= 15 is 0 Å². The Morgan fingerprint density at radius 1 is 1.24 bits per heavy atom. The van der Waals surface area contributed by atoms with E-state index in [0.717, 1.165) is 6.07 Å². The summed E-state index contributed by atoms with van der Waals surface area (Å²) < 4.78 is 73.7. The number of aliphatic imine (C=N–C) groups is 1. The van der Waals surface area contributed by atoms with Gasteiger partial charge in [-0.2, -0.15) is 13.2 Å². The van der Waals surface area contributed by atoms with E-state index in [1.165, 1.54) is 6.34 Å². The zero-order valence-electron chi connectivity index (χ0n) is 24.2. The third-order valence-corrected chi connectivity index (χ3v) is 8.13. The van der Waals surface area contributed by atoms with Gasteiger partial charge in [0.25, 0.3) is 0 Å². The van der Waals surface area contributed by atoms with Gasteiger partial charge < -0.3 is 15.4 Å². The van der Waals surface area contributed by atoms with E-state index < -0.39 is 37.7 Å². The van der Waals surface area contributed by atoms with E-state index in [2.05, 4.69) is 26.1 Å². The lowest BCUT2D eigenvalue weighted by Gasteiger charge is -2.25. The summed E-state index contributed by atoms with van der Waals surface area (Å²) in [4.78, 5) is 15.7. The predicted octanol–water partition coefficient (Wildman–Crippen LogP) is 5.46. The highest BCUT2D eigenvalue weighted by Crippen LogP contribution is 2.33. The molecule has 0 saturated heterocycles. The topological polar surface area (TPSA) is 109 Å². The van der Waals surface area contributed by atoms with Gasteiger partial charge >= 0.3 is 6.18 Å². The Hall–Kier alpha value is -2.63. The number of carbonyl (C=O) groups excluding carboxylic acids is 1. The molecule has 0 aliphatic rings. The molecule has 0 radical (unpaired) electrons. The Kier molecular flexibility index (Phi) is 15.4. The van der Waals surface area contributed by atoms with Gasteiger partial charge in [-0.15, -0.1) is 5.73 Å². The summed E-state index contributed by atoms with van der Waals surface area (Å²) in [6, 6.07) is 1.43. The minimum absolute atomic E-state index is 0.123. The van der Waals surface area contributed by atoms with E-state index in [9.17, 15) is 26.4 Å². The molecule has 0 spiro atoms. The van der Waals surface area contributed by atoms with Crippen LogP contribution in [0.4, 0.5) is 13.2 Å². The second kappa shape index (κ2) is 17.4. The number of methoxy groups -OCH3 is 1. The molecule has 8 nitrogen and oxygen atoms in total. The first-order valence-electron chi connectivity index (χ1n) is 13.2. The Labute approximate surface area is 246 Å². The van der Waals surface area contributed by atoms with Gasteiger partial charge in [-0.3, -0.25) is 4.79 Å². The monoisotopic (exact) mass is 620 g/mol. The number of sulfonamides is 1. The van der Waals surface area contributed by atoms with Gasteiger partial charge in [-0.1, -0.05) is 38.4 Å². The molecule has 41 heavy (non-hydrogen) atoms. The van der Waals surface area contributed by atoms with E-state index in [1.807, 2.05) is 26.8 Å². The maximum absolute atomic E-state index is 13.3. The molecule has 1 aromatic carbocycles. The summed E-state index contributed by atoms with van der Waals surface area (Å²) in [5.74, 6) is -0.685. The van der Waals surface area contributed by atoms with Gasteiger partial charge in [0.15, 0.2) is 0 Å². The number of rotatable bonds is 16. The summed E-state index contributed by atoms with van der Waals surface area (Å²) in [6.45, 7) is 7.70. The fraction of sp³-hybridized carbons (Fsp3) is 0.536. The number of carbonyl (C=O) groups is 1. The van der Waals surface area contributed by atoms with Crippen molar-refractivity contribution < 1.29 is 31.1 Å². The molecule has 1 rings (SSSR count). The van der Waals surface area contributed by atoms with Crippen LogP contribution in [0.2, 0.25) is 5.02 Å². The van der Waals surface area contributed by atoms with Crippen LogP contribution in [0, 0.1) is 11.8 Å². The highest BCUT2D eigenvalue weighted by atomic mass is 35.5.